The van der Waals surface area contributed by atoms with E-state index in [1.165, 1.54) is 0 Å². The standard InChI is InChI=1S/C11H17N5O2/c1-18-6-5-14-11(17)16-7-9(8-16)15-10-12-3-2-4-13-10/h2-4,9H,5-8H2,1H3,(H,14,17)(H,12,13,15). The molecule has 1 aliphatic heterocycles. The van der Waals surface area contributed by atoms with Gasteiger partial charge in [-0.15, -0.1) is 0 Å². The van der Waals surface area contributed by atoms with E-state index in [0.717, 1.165) is 0 Å². The van der Waals surface area contributed by atoms with Crippen molar-refractivity contribution in [3.8, 4) is 0 Å². The van der Waals surface area contributed by atoms with Gasteiger partial charge in [0.2, 0.25) is 5.95 Å². The van der Waals surface area contributed by atoms with Crippen LogP contribution >= 0.6 is 0 Å². The lowest BCUT2D eigenvalue weighted by atomic mass is 10.1. The van der Waals surface area contributed by atoms with Crippen LogP contribution in [-0.2, 0) is 4.74 Å². The number of nitrogens with zero attached hydrogens (tertiary/aromatic N) is 3. The lowest BCUT2D eigenvalue weighted by molar-refractivity contribution is 0.151. The van der Waals surface area contributed by atoms with E-state index in [4.69, 9.17) is 4.74 Å². The maximum atomic E-state index is 11.6. The van der Waals surface area contributed by atoms with Gasteiger partial charge in [0.1, 0.15) is 0 Å². The highest BCUT2D eigenvalue weighted by Gasteiger charge is 2.30. The van der Waals surface area contributed by atoms with Crippen LogP contribution in [0.15, 0.2) is 18.5 Å². The summed E-state index contributed by atoms with van der Waals surface area (Å²) in [6.07, 6.45) is 3.37. The number of amides is 2. The van der Waals surface area contributed by atoms with E-state index < -0.39 is 0 Å². The van der Waals surface area contributed by atoms with Gasteiger partial charge in [-0.3, -0.25) is 0 Å². The first-order valence-corrected chi connectivity index (χ1v) is 5.85. The van der Waals surface area contributed by atoms with E-state index in [1.54, 1.807) is 30.5 Å². The zero-order valence-corrected chi connectivity index (χ0v) is 10.3. The number of urea groups is 1. The third-order valence-electron chi connectivity index (χ3n) is 2.65. The van der Waals surface area contributed by atoms with Crippen molar-refractivity contribution in [3.05, 3.63) is 18.5 Å². The Morgan fingerprint density at radius 3 is 2.89 bits per heavy atom. The Kier molecular flexibility index (Phi) is 4.30. The number of aromatic nitrogens is 2. The highest BCUT2D eigenvalue weighted by atomic mass is 16.5. The average molecular weight is 251 g/mol. The Bertz CT molecular complexity index is 380. The van der Waals surface area contributed by atoms with Crippen molar-refractivity contribution in [1.82, 2.24) is 20.2 Å². The molecule has 2 amide bonds. The van der Waals surface area contributed by atoms with Crippen LogP contribution in [0, 0.1) is 0 Å². The van der Waals surface area contributed by atoms with E-state index in [1.807, 2.05) is 0 Å². The van der Waals surface area contributed by atoms with Crippen LogP contribution in [0.2, 0.25) is 0 Å². The summed E-state index contributed by atoms with van der Waals surface area (Å²) in [5.41, 5.74) is 0. The number of carbonyl (C=O) groups is 1. The predicted molar refractivity (Wildman–Crippen MR) is 66.3 cm³/mol. The van der Waals surface area contributed by atoms with Gasteiger partial charge in [0.25, 0.3) is 0 Å². The molecule has 0 atom stereocenters. The first-order valence-electron chi connectivity index (χ1n) is 5.85. The molecule has 18 heavy (non-hydrogen) atoms. The van der Waals surface area contributed by atoms with Gasteiger partial charge in [0.05, 0.1) is 12.6 Å². The maximum Gasteiger partial charge on any atom is 0.317 e. The largest absolute Gasteiger partial charge is 0.383 e. The van der Waals surface area contributed by atoms with Gasteiger partial charge in [-0.1, -0.05) is 0 Å². The zero-order chi connectivity index (χ0) is 12.8. The third-order valence-corrected chi connectivity index (χ3v) is 2.65. The van der Waals surface area contributed by atoms with E-state index in [9.17, 15) is 4.79 Å². The fourth-order valence-electron chi connectivity index (χ4n) is 1.66. The number of ether oxygens (including phenoxy) is 1. The molecule has 98 valence electrons. The number of likely N-dealkylation sites (tertiary alicyclic amines) is 1. The van der Waals surface area contributed by atoms with E-state index in [0.29, 0.717) is 32.2 Å². The number of methoxy groups -OCH3 is 1. The summed E-state index contributed by atoms with van der Waals surface area (Å²) in [5.74, 6) is 0.599. The summed E-state index contributed by atoms with van der Waals surface area (Å²) in [5, 5.41) is 5.93. The second-order valence-electron chi connectivity index (χ2n) is 4.04. The van der Waals surface area contributed by atoms with Crippen molar-refractivity contribution in [3.63, 3.8) is 0 Å². The molecule has 2 rings (SSSR count). The van der Waals surface area contributed by atoms with Gasteiger partial charge in [-0.2, -0.15) is 0 Å². The molecule has 1 aromatic heterocycles. The molecule has 0 unspecified atom stereocenters. The van der Waals surface area contributed by atoms with Crippen LogP contribution in [0.3, 0.4) is 0 Å². The van der Waals surface area contributed by atoms with Gasteiger partial charge in [-0.05, 0) is 6.07 Å². The van der Waals surface area contributed by atoms with Crippen molar-refractivity contribution in [2.24, 2.45) is 0 Å². The molecule has 2 heterocycles. The number of carbonyl (C=O) groups excluding carboxylic acids is 1. The van der Waals surface area contributed by atoms with E-state index >= 15 is 0 Å². The second-order valence-corrected chi connectivity index (χ2v) is 4.04. The van der Waals surface area contributed by atoms with Crippen LogP contribution in [-0.4, -0.2) is 60.3 Å². The number of hydrogen-bond acceptors (Lipinski definition) is 5. The quantitative estimate of drug-likeness (QED) is 0.716. The Hall–Kier alpha value is -1.89. The zero-order valence-electron chi connectivity index (χ0n) is 10.3. The first-order chi connectivity index (χ1) is 8.79. The molecular formula is C11H17N5O2. The van der Waals surface area contributed by atoms with Gasteiger partial charge >= 0.3 is 6.03 Å². The van der Waals surface area contributed by atoms with Gasteiger partial charge in [-0.25, -0.2) is 14.8 Å². The molecule has 1 fully saturated rings. The molecule has 0 saturated carbocycles. The minimum absolute atomic E-state index is 0.0564. The van der Waals surface area contributed by atoms with Crippen molar-refractivity contribution in [2.75, 3.05) is 38.7 Å². The molecule has 7 nitrogen and oxygen atoms in total. The third kappa shape index (κ3) is 3.30. The van der Waals surface area contributed by atoms with Crippen molar-refractivity contribution < 1.29 is 9.53 Å². The fraction of sp³-hybridized carbons (Fsp3) is 0.545. The number of anilines is 1. The summed E-state index contributed by atoms with van der Waals surface area (Å²) in [4.78, 5) is 21.5. The SMILES string of the molecule is COCCNC(=O)N1CC(Nc2ncccn2)C1. The molecule has 0 bridgehead atoms. The van der Waals surface area contributed by atoms with Gasteiger partial charge in [0.15, 0.2) is 0 Å². The molecule has 1 aliphatic rings. The molecule has 1 aromatic rings. The highest BCUT2D eigenvalue weighted by Crippen LogP contribution is 2.11. The summed E-state index contributed by atoms with van der Waals surface area (Å²) in [6.45, 7) is 2.39. The van der Waals surface area contributed by atoms with Crippen LogP contribution in [0.5, 0.6) is 0 Å². The maximum absolute atomic E-state index is 11.6. The van der Waals surface area contributed by atoms with Gasteiger partial charge in [0, 0.05) is 39.1 Å². The summed E-state index contributed by atoms with van der Waals surface area (Å²) < 4.78 is 4.86. The van der Waals surface area contributed by atoms with Crippen molar-refractivity contribution in [1.29, 1.82) is 0 Å². The Labute approximate surface area is 106 Å². The molecular weight excluding hydrogens is 234 g/mol. The molecule has 7 heteroatoms. The average Bonchev–Trinajstić information content (AvgIpc) is 2.34. The minimum atomic E-state index is -0.0564. The van der Waals surface area contributed by atoms with Crippen LogP contribution in [0.25, 0.3) is 0 Å². The highest BCUT2D eigenvalue weighted by molar-refractivity contribution is 5.75. The minimum Gasteiger partial charge on any atom is -0.383 e. The van der Waals surface area contributed by atoms with Gasteiger partial charge < -0.3 is 20.3 Å². The summed E-state index contributed by atoms with van der Waals surface area (Å²) in [6, 6.07) is 1.93. The topological polar surface area (TPSA) is 79.4 Å². The van der Waals surface area contributed by atoms with E-state index in [-0.39, 0.29) is 12.1 Å². The normalized spacial score (nSPS) is 15.1. The first kappa shape index (κ1) is 12.6. The monoisotopic (exact) mass is 251 g/mol. The molecule has 2 N–H and O–H groups in total. The van der Waals surface area contributed by atoms with Crippen LogP contribution < -0.4 is 10.6 Å². The summed E-state index contributed by atoms with van der Waals surface area (Å²) >= 11 is 0. The molecule has 0 aliphatic carbocycles. The molecule has 0 aromatic carbocycles. The Balaban J connectivity index is 1.66. The van der Waals surface area contributed by atoms with Crippen LogP contribution in [0.4, 0.5) is 10.7 Å². The number of rotatable bonds is 5. The Morgan fingerprint density at radius 1 is 1.50 bits per heavy atom. The Morgan fingerprint density at radius 2 is 2.22 bits per heavy atom. The van der Waals surface area contributed by atoms with Crippen molar-refractivity contribution >= 4 is 12.0 Å². The lowest BCUT2D eigenvalue weighted by Crippen LogP contribution is -2.59. The fourth-order valence-corrected chi connectivity index (χ4v) is 1.66. The smallest absolute Gasteiger partial charge is 0.317 e. The van der Waals surface area contributed by atoms with E-state index in [2.05, 4.69) is 20.6 Å². The molecule has 0 spiro atoms. The van der Waals surface area contributed by atoms with Crippen molar-refractivity contribution in [2.45, 2.75) is 6.04 Å². The van der Waals surface area contributed by atoms with Crippen LogP contribution in [0.1, 0.15) is 0 Å². The molecule has 0 radical (unpaired) electrons. The predicted octanol–water partition coefficient (Wildman–Crippen LogP) is -0.0713. The number of nitrogens with one attached hydrogen (secondary N) is 2. The molecule has 1 saturated heterocycles. The lowest BCUT2D eigenvalue weighted by Gasteiger charge is -2.39. The number of hydrogen-bond donors (Lipinski definition) is 2. The second kappa shape index (κ2) is 6.15. The summed E-state index contributed by atoms with van der Waals surface area (Å²) in [7, 11) is 1.61.